The third-order valence-corrected chi connectivity index (χ3v) is 5.19. The van der Waals surface area contributed by atoms with Crippen LogP contribution in [0.1, 0.15) is 11.5 Å². The number of rotatable bonds is 6. The molecule has 0 fully saturated rings. The van der Waals surface area contributed by atoms with Gasteiger partial charge in [0.05, 0.1) is 19.4 Å². The fraction of sp³-hybridized carbons (Fsp3) is 0.130. The maximum atomic E-state index is 13.2. The van der Waals surface area contributed by atoms with Crippen molar-refractivity contribution in [3.05, 3.63) is 88.8 Å². The molecule has 5 rings (SSSR count). The highest BCUT2D eigenvalue weighted by molar-refractivity contribution is 5.72. The van der Waals surface area contributed by atoms with Crippen molar-refractivity contribution in [1.82, 2.24) is 24.3 Å². The minimum absolute atomic E-state index is 0.100. The van der Waals surface area contributed by atoms with Crippen molar-refractivity contribution in [2.45, 2.75) is 13.2 Å². The maximum Gasteiger partial charge on any atom is 0.277 e. The molecule has 0 unspecified atom stereocenters. The normalized spacial score (nSPS) is 11.2. The number of methoxy groups -OCH3 is 1. The van der Waals surface area contributed by atoms with E-state index in [-0.39, 0.29) is 18.7 Å². The van der Waals surface area contributed by atoms with E-state index in [4.69, 9.17) is 9.26 Å². The summed E-state index contributed by atoms with van der Waals surface area (Å²) in [7, 11) is 1.59. The highest BCUT2D eigenvalue weighted by Crippen LogP contribution is 2.26. The van der Waals surface area contributed by atoms with Gasteiger partial charge in [0.15, 0.2) is 0 Å². The summed E-state index contributed by atoms with van der Waals surface area (Å²) in [5.74, 6) is 1.47. The average molecular weight is 429 g/mol. The number of ether oxygens (including phenoxy) is 1. The van der Waals surface area contributed by atoms with Crippen molar-refractivity contribution in [3.63, 3.8) is 0 Å². The Morgan fingerprint density at radius 1 is 1.03 bits per heavy atom. The minimum atomic E-state index is -0.331. The number of hydrogen-bond acceptors (Lipinski definition) is 7. The van der Waals surface area contributed by atoms with Crippen LogP contribution < -0.4 is 10.3 Å². The Labute approximate surface area is 182 Å². The number of aliphatic hydroxyl groups excluding tert-OH is 1. The summed E-state index contributed by atoms with van der Waals surface area (Å²) >= 11 is 0. The zero-order chi connectivity index (χ0) is 22.1. The van der Waals surface area contributed by atoms with Crippen LogP contribution in [0.3, 0.4) is 0 Å². The van der Waals surface area contributed by atoms with Gasteiger partial charge in [-0.15, -0.1) is 0 Å². The number of nitrogens with zero attached hydrogens (tertiary/aromatic N) is 5. The largest absolute Gasteiger partial charge is 0.497 e. The standard InChI is InChI=1S/C23H19N5O4/c1-31-17-9-7-15(8-10-17)20-18(14-29)21-23(30)27(11-12-28(21)25-20)13-19-24-22(26-32-19)16-5-3-2-4-6-16/h2-12,29H,13-14H2,1H3. The van der Waals surface area contributed by atoms with E-state index in [1.165, 1.54) is 9.08 Å². The van der Waals surface area contributed by atoms with Gasteiger partial charge in [0.1, 0.15) is 17.8 Å². The Hall–Kier alpha value is -4.24. The molecule has 0 saturated heterocycles. The molecule has 0 aliphatic heterocycles. The Morgan fingerprint density at radius 3 is 2.53 bits per heavy atom. The van der Waals surface area contributed by atoms with Crippen LogP contribution in [0.5, 0.6) is 5.75 Å². The summed E-state index contributed by atoms with van der Waals surface area (Å²) < 4.78 is 13.5. The van der Waals surface area contributed by atoms with Crippen LogP contribution in [0, 0.1) is 0 Å². The summed E-state index contributed by atoms with van der Waals surface area (Å²) in [4.78, 5) is 17.6. The van der Waals surface area contributed by atoms with Gasteiger partial charge in [0, 0.05) is 29.1 Å². The molecule has 0 bridgehead atoms. The van der Waals surface area contributed by atoms with Crippen LogP contribution in [0.15, 0.2) is 76.3 Å². The van der Waals surface area contributed by atoms with Crippen LogP contribution in [0.2, 0.25) is 0 Å². The average Bonchev–Trinajstić information content (AvgIpc) is 3.46. The van der Waals surface area contributed by atoms with Gasteiger partial charge in [-0.3, -0.25) is 4.79 Å². The van der Waals surface area contributed by atoms with Gasteiger partial charge >= 0.3 is 0 Å². The van der Waals surface area contributed by atoms with Crippen molar-refractivity contribution in [2.24, 2.45) is 0 Å². The molecule has 0 aliphatic rings. The lowest BCUT2D eigenvalue weighted by molar-refractivity contribution is 0.283. The second kappa shape index (κ2) is 8.12. The molecule has 0 aliphatic carbocycles. The predicted molar refractivity (Wildman–Crippen MR) is 116 cm³/mol. The van der Waals surface area contributed by atoms with Crippen molar-refractivity contribution in [2.75, 3.05) is 7.11 Å². The fourth-order valence-corrected chi connectivity index (χ4v) is 3.58. The zero-order valence-electron chi connectivity index (χ0n) is 17.2. The monoisotopic (exact) mass is 429 g/mol. The molecule has 0 spiro atoms. The molecular formula is C23H19N5O4. The number of aromatic nitrogens is 5. The molecule has 3 heterocycles. The van der Waals surface area contributed by atoms with Crippen LogP contribution in [0.4, 0.5) is 0 Å². The lowest BCUT2D eigenvalue weighted by atomic mass is 10.1. The third-order valence-electron chi connectivity index (χ3n) is 5.19. The lowest BCUT2D eigenvalue weighted by Crippen LogP contribution is -2.22. The van der Waals surface area contributed by atoms with Gasteiger partial charge in [0.25, 0.3) is 5.56 Å². The lowest BCUT2D eigenvalue weighted by Gasteiger charge is -2.04. The number of benzene rings is 2. The van der Waals surface area contributed by atoms with Crippen molar-refractivity contribution in [3.8, 4) is 28.4 Å². The van der Waals surface area contributed by atoms with Gasteiger partial charge in [-0.2, -0.15) is 10.1 Å². The molecule has 0 saturated carbocycles. The van der Waals surface area contributed by atoms with E-state index < -0.39 is 0 Å². The smallest absolute Gasteiger partial charge is 0.277 e. The highest BCUT2D eigenvalue weighted by Gasteiger charge is 2.19. The summed E-state index contributed by atoms with van der Waals surface area (Å²) in [5, 5.41) is 18.5. The quantitative estimate of drug-likeness (QED) is 0.442. The van der Waals surface area contributed by atoms with Crippen LogP contribution in [0.25, 0.3) is 28.2 Å². The molecule has 0 atom stereocenters. The van der Waals surface area contributed by atoms with E-state index in [1.54, 1.807) is 31.6 Å². The summed E-state index contributed by atoms with van der Waals surface area (Å²) in [6, 6.07) is 16.7. The molecule has 0 amide bonds. The molecule has 160 valence electrons. The second-order valence-corrected chi connectivity index (χ2v) is 7.12. The topological polar surface area (TPSA) is 108 Å². The van der Waals surface area contributed by atoms with Crippen LogP contribution >= 0.6 is 0 Å². The van der Waals surface area contributed by atoms with Gasteiger partial charge in [0.2, 0.25) is 11.7 Å². The second-order valence-electron chi connectivity index (χ2n) is 7.12. The Balaban J connectivity index is 1.52. The molecule has 9 heteroatoms. The zero-order valence-corrected chi connectivity index (χ0v) is 17.2. The fourth-order valence-electron chi connectivity index (χ4n) is 3.58. The van der Waals surface area contributed by atoms with E-state index in [0.717, 1.165) is 11.1 Å². The minimum Gasteiger partial charge on any atom is -0.497 e. The Kier molecular flexibility index (Phi) is 5.00. The van der Waals surface area contributed by atoms with Gasteiger partial charge in [-0.05, 0) is 24.3 Å². The molecule has 3 aromatic heterocycles. The first kappa shape index (κ1) is 19.7. The third kappa shape index (κ3) is 3.44. The van der Waals surface area contributed by atoms with Gasteiger partial charge in [-0.1, -0.05) is 35.5 Å². The van der Waals surface area contributed by atoms with E-state index in [1.807, 2.05) is 42.5 Å². The predicted octanol–water partition coefficient (Wildman–Crippen LogP) is 2.76. The molecule has 9 nitrogen and oxygen atoms in total. The summed E-state index contributed by atoms with van der Waals surface area (Å²) in [5.41, 5.74) is 2.56. The van der Waals surface area contributed by atoms with E-state index in [0.29, 0.717) is 34.2 Å². The molecule has 0 radical (unpaired) electrons. The van der Waals surface area contributed by atoms with Crippen LogP contribution in [-0.2, 0) is 13.2 Å². The Morgan fingerprint density at radius 2 is 1.81 bits per heavy atom. The highest BCUT2D eigenvalue weighted by atomic mass is 16.5. The number of aliphatic hydroxyl groups is 1. The van der Waals surface area contributed by atoms with Gasteiger partial charge < -0.3 is 18.9 Å². The Bertz CT molecular complexity index is 1440. The molecule has 5 aromatic rings. The first-order valence-electron chi connectivity index (χ1n) is 9.92. The van der Waals surface area contributed by atoms with Crippen molar-refractivity contribution < 1.29 is 14.4 Å². The molecule has 32 heavy (non-hydrogen) atoms. The van der Waals surface area contributed by atoms with E-state index >= 15 is 0 Å². The summed E-state index contributed by atoms with van der Waals surface area (Å²) in [6.45, 7) is -0.230. The van der Waals surface area contributed by atoms with Crippen molar-refractivity contribution in [1.29, 1.82) is 0 Å². The van der Waals surface area contributed by atoms with Crippen molar-refractivity contribution >= 4 is 5.52 Å². The van der Waals surface area contributed by atoms with E-state index in [9.17, 15) is 9.90 Å². The molecule has 2 aromatic carbocycles. The molecule has 1 N–H and O–H groups in total. The number of hydrogen-bond donors (Lipinski definition) is 1. The molecular weight excluding hydrogens is 410 g/mol. The van der Waals surface area contributed by atoms with E-state index in [2.05, 4.69) is 15.2 Å². The first-order valence-corrected chi connectivity index (χ1v) is 9.92. The van der Waals surface area contributed by atoms with Gasteiger partial charge in [-0.25, -0.2) is 4.52 Å². The maximum absolute atomic E-state index is 13.2. The van der Waals surface area contributed by atoms with Crippen LogP contribution in [-0.4, -0.2) is 36.5 Å². The summed E-state index contributed by atoms with van der Waals surface area (Å²) in [6.07, 6.45) is 3.27. The first-order chi connectivity index (χ1) is 15.7. The SMILES string of the molecule is COc1ccc(-c2nn3ccn(Cc4nc(-c5ccccc5)no4)c(=O)c3c2CO)cc1. The number of fused-ring (bicyclic) bond motifs is 1.